The van der Waals surface area contributed by atoms with Crippen LogP contribution in [0.1, 0.15) is 44.1 Å². The van der Waals surface area contributed by atoms with Crippen LogP contribution in [-0.4, -0.2) is 24.8 Å². The van der Waals surface area contributed by atoms with Gasteiger partial charge in [-0.1, -0.05) is 55.5 Å². The van der Waals surface area contributed by atoms with Crippen LogP contribution in [0.25, 0.3) is 0 Å². The molecule has 3 heteroatoms. The van der Waals surface area contributed by atoms with Gasteiger partial charge in [-0.2, -0.15) is 0 Å². The summed E-state index contributed by atoms with van der Waals surface area (Å²) in [5, 5.41) is 0.806. The highest BCUT2D eigenvalue weighted by molar-refractivity contribution is 6.31. The molecule has 1 aliphatic rings. The van der Waals surface area contributed by atoms with E-state index in [1.807, 2.05) is 18.2 Å². The second-order valence-electron chi connectivity index (χ2n) is 6.16. The summed E-state index contributed by atoms with van der Waals surface area (Å²) in [6.07, 6.45) is 8.17. The SMILES string of the molecule is CN(Cc1ccccc1Cl)CC1(C=O)CCCCCC1. The minimum atomic E-state index is -0.146. The molecule has 1 aromatic carbocycles. The second kappa shape index (κ2) is 7.24. The molecule has 0 aliphatic heterocycles. The summed E-state index contributed by atoms with van der Waals surface area (Å²) in [6, 6.07) is 7.94. The van der Waals surface area contributed by atoms with Gasteiger partial charge in [0.05, 0.1) is 0 Å². The van der Waals surface area contributed by atoms with Gasteiger partial charge in [0, 0.05) is 23.5 Å². The molecule has 1 aromatic rings. The first-order valence-electron chi connectivity index (χ1n) is 7.53. The number of nitrogens with zero attached hydrogens (tertiary/aromatic N) is 1. The minimum Gasteiger partial charge on any atom is -0.303 e. The van der Waals surface area contributed by atoms with E-state index in [0.29, 0.717) is 0 Å². The molecule has 2 nitrogen and oxygen atoms in total. The van der Waals surface area contributed by atoms with Gasteiger partial charge in [0.2, 0.25) is 0 Å². The van der Waals surface area contributed by atoms with Crippen molar-refractivity contribution in [3.8, 4) is 0 Å². The first-order chi connectivity index (χ1) is 9.65. The van der Waals surface area contributed by atoms with Crippen LogP contribution >= 0.6 is 11.6 Å². The topological polar surface area (TPSA) is 20.3 Å². The van der Waals surface area contributed by atoms with Gasteiger partial charge in [0.1, 0.15) is 6.29 Å². The van der Waals surface area contributed by atoms with E-state index in [1.54, 1.807) is 0 Å². The monoisotopic (exact) mass is 293 g/mol. The summed E-state index contributed by atoms with van der Waals surface area (Å²) in [5.74, 6) is 0. The second-order valence-corrected chi connectivity index (χ2v) is 6.57. The van der Waals surface area contributed by atoms with Crippen LogP contribution in [0.4, 0.5) is 0 Å². The van der Waals surface area contributed by atoms with Gasteiger partial charge in [-0.05, 0) is 31.5 Å². The summed E-state index contributed by atoms with van der Waals surface area (Å²) in [4.78, 5) is 13.9. The Hall–Kier alpha value is -0.860. The predicted octanol–water partition coefficient (Wildman–Crippen LogP) is 4.31. The fourth-order valence-corrected chi connectivity index (χ4v) is 3.45. The quantitative estimate of drug-likeness (QED) is 0.595. The maximum Gasteiger partial charge on any atom is 0.127 e. The summed E-state index contributed by atoms with van der Waals surface area (Å²) in [7, 11) is 2.08. The van der Waals surface area contributed by atoms with Crippen LogP contribution in [0, 0.1) is 5.41 Å². The van der Waals surface area contributed by atoms with Crippen LogP contribution in [0.15, 0.2) is 24.3 Å². The van der Waals surface area contributed by atoms with E-state index in [4.69, 9.17) is 11.6 Å². The average molecular weight is 294 g/mol. The number of carbonyl (C=O) groups excluding carboxylic acids is 1. The van der Waals surface area contributed by atoms with Gasteiger partial charge in [-0.15, -0.1) is 0 Å². The average Bonchev–Trinajstić information content (AvgIpc) is 2.67. The molecule has 0 radical (unpaired) electrons. The fraction of sp³-hybridized carbons (Fsp3) is 0.588. The third-order valence-electron chi connectivity index (χ3n) is 4.33. The van der Waals surface area contributed by atoms with Gasteiger partial charge in [-0.25, -0.2) is 0 Å². The minimum absolute atomic E-state index is 0.146. The van der Waals surface area contributed by atoms with Crippen LogP contribution in [0.3, 0.4) is 0 Å². The van der Waals surface area contributed by atoms with Gasteiger partial charge < -0.3 is 9.69 Å². The summed E-state index contributed by atoms with van der Waals surface area (Å²) >= 11 is 6.21. The van der Waals surface area contributed by atoms with Crippen molar-refractivity contribution in [3.05, 3.63) is 34.9 Å². The van der Waals surface area contributed by atoms with E-state index in [9.17, 15) is 4.79 Å². The van der Waals surface area contributed by atoms with Crippen molar-refractivity contribution in [2.45, 2.75) is 45.1 Å². The Kier molecular flexibility index (Phi) is 5.62. The highest BCUT2D eigenvalue weighted by Crippen LogP contribution is 2.34. The number of benzene rings is 1. The molecule has 20 heavy (non-hydrogen) atoms. The highest BCUT2D eigenvalue weighted by atomic mass is 35.5. The Balaban J connectivity index is 2.00. The summed E-state index contributed by atoms with van der Waals surface area (Å²) in [5.41, 5.74) is 0.985. The molecule has 1 saturated carbocycles. The fourth-order valence-electron chi connectivity index (χ4n) is 3.26. The van der Waals surface area contributed by atoms with Crippen LogP contribution in [0.2, 0.25) is 5.02 Å². The van der Waals surface area contributed by atoms with E-state index in [1.165, 1.54) is 32.0 Å². The lowest BCUT2D eigenvalue weighted by molar-refractivity contribution is -0.118. The lowest BCUT2D eigenvalue weighted by Crippen LogP contribution is -2.36. The Bertz CT molecular complexity index is 438. The van der Waals surface area contributed by atoms with Gasteiger partial charge in [0.25, 0.3) is 0 Å². The smallest absolute Gasteiger partial charge is 0.127 e. The molecule has 2 rings (SSSR count). The van der Waals surface area contributed by atoms with Gasteiger partial charge in [-0.3, -0.25) is 0 Å². The molecule has 0 N–H and O–H groups in total. The molecule has 1 aliphatic carbocycles. The van der Waals surface area contributed by atoms with Crippen molar-refractivity contribution in [1.29, 1.82) is 0 Å². The van der Waals surface area contributed by atoms with E-state index in [2.05, 4.69) is 18.0 Å². The normalized spacial score (nSPS) is 18.8. The van der Waals surface area contributed by atoms with E-state index in [-0.39, 0.29) is 5.41 Å². The van der Waals surface area contributed by atoms with Gasteiger partial charge in [0.15, 0.2) is 0 Å². The van der Waals surface area contributed by atoms with Crippen molar-refractivity contribution in [2.24, 2.45) is 5.41 Å². The zero-order valence-corrected chi connectivity index (χ0v) is 13.0. The molecule has 0 aromatic heterocycles. The lowest BCUT2D eigenvalue weighted by atomic mass is 9.81. The Morgan fingerprint density at radius 3 is 2.45 bits per heavy atom. The molecule has 0 bridgehead atoms. The third kappa shape index (κ3) is 4.07. The number of hydrogen-bond donors (Lipinski definition) is 0. The van der Waals surface area contributed by atoms with Crippen LogP contribution < -0.4 is 0 Å². The van der Waals surface area contributed by atoms with Crippen molar-refractivity contribution >= 4 is 17.9 Å². The van der Waals surface area contributed by atoms with Crippen LogP contribution in [-0.2, 0) is 11.3 Å². The largest absolute Gasteiger partial charge is 0.303 e. The molecule has 0 atom stereocenters. The zero-order valence-electron chi connectivity index (χ0n) is 12.3. The molecule has 0 saturated heterocycles. The molecule has 0 unspecified atom stereocenters. The first kappa shape index (κ1) is 15.5. The summed E-state index contributed by atoms with van der Waals surface area (Å²) in [6.45, 7) is 1.64. The molecule has 0 spiro atoms. The maximum atomic E-state index is 11.6. The number of hydrogen-bond acceptors (Lipinski definition) is 2. The first-order valence-corrected chi connectivity index (χ1v) is 7.91. The maximum absolute atomic E-state index is 11.6. The number of aldehydes is 1. The number of rotatable bonds is 5. The molecule has 0 amide bonds. The third-order valence-corrected chi connectivity index (χ3v) is 4.70. The van der Waals surface area contributed by atoms with Crippen molar-refractivity contribution in [3.63, 3.8) is 0 Å². The number of halogens is 1. The molecular weight excluding hydrogens is 270 g/mol. The van der Waals surface area contributed by atoms with Crippen LogP contribution in [0.5, 0.6) is 0 Å². The Morgan fingerprint density at radius 1 is 1.20 bits per heavy atom. The molecule has 1 fully saturated rings. The highest BCUT2D eigenvalue weighted by Gasteiger charge is 2.31. The zero-order chi connectivity index (χ0) is 14.4. The predicted molar refractivity (Wildman–Crippen MR) is 84.0 cm³/mol. The van der Waals surface area contributed by atoms with E-state index in [0.717, 1.165) is 36.5 Å². The van der Waals surface area contributed by atoms with Crippen molar-refractivity contribution in [2.75, 3.05) is 13.6 Å². The van der Waals surface area contributed by atoms with Gasteiger partial charge >= 0.3 is 0 Å². The Labute approximate surface area is 127 Å². The van der Waals surface area contributed by atoms with E-state index < -0.39 is 0 Å². The molecule has 110 valence electrons. The van der Waals surface area contributed by atoms with E-state index >= 15 is 0 Å². The standard InChI is InChI=1S/C17H24ClNO/c1-19(12-15-8-4-5-9-16(15)18)13-17(14-20)10-6-2-3-7-11-17/h4-5,8-9,14H,2-3,6-7,10-13H2,1H3. The lowest BCUT2D eigenvalue weighted by Gasteiger charge is -2.31. The van der Waals surface area contributed by atoms with Crippen molar-refractivity contribution < 1.29 is 4.79 Å². The summed E-state index contributed by atoms with van der Waals surface area (Å²) < 4.78 is 0. The molecular formula is C17H24ClNO. The van der Waals surface area contributed by atoms with Crippen molar-refractivity contribution in [1.82, 2.24) is 4.90 Å². The number of carbonyl (C=O) groups is 1. The Morgan fingerprint density at radius 2 is 1.85 bits per heavy atom. The molecule has 0 heterocycles.